The highest BCUT2D eigenvalue weighted by Gasteiger charge is 2.33. The molecule has 0 bridgehead atoms. The predicted molar refractivity (Wildman–Crippen MR) is 87.4 cm³/mol. The monoisotopic (exact) mass is 372 g/mol. The maximum Gasteiger partial charge on any atom is 0.418 e. The molecule has 0 saturated carbocycles. The summed E-state index contributed by atoms with van der Waals surface area (Å²) in [5.41, 5.74) is -0.977. The Hall–Kier alpha value is -2.36. The van der Waals surface area contributed by atoms with Gasteiger partial charge in [-0.3, -0.25) is 0 Å². The summed E-state index contributed by atoms with van der Waals surface area (Å²) in [6, 6.07) is 6.29. The van der Waals surface area contributed by atoms with Crippen LogP contribution in [0.25, 0.3) is 0 Å². The lowest BCUT2D eigenvalue weighted by molar-refractivity contribution is -0.136. The molecule has 25 heavy (non-hydrogen) atoms. The Labute approximate surface area is 142 Å². The van der Waals surface area contributed by atoms with Gasteiger partial charge < -0.3 is 10.6 Å². The van der Waals surface area contributed by atoms with E-state index in [0.717, 1.165) is 6.07 Å². The highest BCUT2D eigenvalue weighted by Crippen LogP contribution is 2.35. The van der Waals surface area contributed by atoms with Crippen LogP contribution in [0.2, 0.25) is 0 Å². The Morgan fingerprint density at radius 1 is 1.16 bits per heavy atom. The summed E-state index contributed by atoms with van der Waals surface area (Å²) in [7, 11) is -3.04. The van der Waals surface area contributed by atoms with Crippen molar-refractivity contribution in [1.29, 1.82) is 0 Å². The first-order valence-electron chi connectivity index (χ1n) is 7.46. The van der Waals surface area contributed by atoms with E-state index in [1.165, 1.54) is 30.5 Å². The highest BCUT2D eigenvalue weighted by molar-refractivity contribution is 7.91. The van der Waals surface area contributed by atoms with Gasteiger partial charge in [-0.15, -0.1) is 0 Å². The Balaban J connectivity index is 1.77. The summed E-state index contributed by atoms with van der Waals surface area (Å²) in [6.45, 7) is 0. The zero-order chi connectivity index (χ0) is 18.1. The molecule has 1 fully saturated rings. The molecule has 0 amide bonds. The van der Waals surface area contributed by atoms with E-state index in [4.69, 9.17) is 0 Å². The van der Waals surface area contributed by atoms with Crippen LogP contribution in [-0.4, -0.2) is 35.9 Å². The maximum atomic E-state index is 13.0. The third-order valence-electron chi connectivity index (χ3n) is 3.72. The highest BCUT2D eigenvalue weighted by atomic mass is 32.2. The van der Waals surface area contributed by atoms with Crippen molar-refractivity contribution < 1.29 is 21.6 Å². The Kier molecular flexibility index (Phi) is 4.55. The number of rotatable bonds is 4. The Morgan fingerprint density at radius 3 is 2.60 bits per heavy atom. The molecule has 0 radical (unpaired) electrons. The van der Waals surface area contributed by atoms with Gasteiger partial charge in [0.05, 0.1) is 22.8 Å². The van der Waals surface area contributed by atoms with Crippen molar-refractivity contribution in [2.24, 2.45) is 0 Å². The molecule has 1 aromatic heterocycles. The molecule has 1 aliphatic heterocycles. The third kappa shape index (κ3) is 4.38. The van der Waals surface area contributed by atoms with Gasteiger partial charge in [-0.05, 0) is 24.6 Å². The first kappa shape index (κ1) is 17.5. The summed E-state index contributed by atoms with van der Waals surface area (Å²) in [4.78, 5) is 8.02. The Morgan fingerprint density at radius 2 is 1.92 bits per heavy atom. The molecule has 0 spiro atoms. The van der Waals surface area contributed by atoms with E-state index in [2.05, 4.69) is 20.6 Å². The molecular weight excluding hydrogens is 357 g/mol. The summed E-state index contributed by atoms with van der Waals surface area (Å²) in [6.07, 6.45) is -2.65. The fourth-order valence-electron chi connectivity index (χ4n) is 2.58. The normalized spacial score (nSPS) is 19.6. The summed E-state index contributed by atoms with van der Waals surface area (Å²) >= 11 is 0. The quantitative estimate of drug-likeness (QED) is 0.859. The van der Waals surface area contributed by atoms with Gasteiger partial charge in [0.1, 0.15) is 5.82 Å². The predicted octanol–water partition coefficient (Wildman–Crippen LogP) is 2.84. The van der Waals surface area contributed by atoms with Crippen LogP contribution < -0.4 is 10.6 Å². The maximum absolute atomic E-state index is 13.0. The van der Waals surface area contributed by atoms with Gasteiger partial charge in [-0.1, -0.05) is 12.1 Å². The summed E-state index contributed by atoms with van der Waals surface area (Å²) in [5.74, 6) is 0.461. The van der Waals surface area contributed by atoms with Crippen LogP contribution in [0.4, 0.5) is 30.6 Å². The first-order valence-corrected chi connectivity index (χ1v) is 9.28. The SMILES string of the molecule is O=S1(=O)CCC(Nc2ccnc(Nc3ccccc3C(F)(F)F)n2)C1. The van der Waals surface area contributed by atoms with Gasteiger partial charge >= 0.3 is 6.18 Å². The number of aromatic nitrogens is 2. The number of sulfone groups is 1. The zero-order valence-corrected chi connectivity index (χ0v) is 13.7. The van der Waals surface area contributed by atoms with Crippen LogP contribution in [0.5, 0.6) is 0 Å². The van der Waals surface area contributed by atoms with Gasteiger partial charge in [-0.2, -0.15) is 18.2 Å². The van der Waals surface area contributed by atoms with Gasteiger partial charge in [-0.25, -0.2) is 13.4 Å². The van der Waals surface area contributed by atoms with E-state index < -0.39 is 21.6 Å². The topological polar surface area (TPSA) is 84.0 Å². The largest absolute Gasteiger partial charge is 0.418 e. The summed E-state index contributed by atoms with van der Waals surface area (Å²) in [5, 5.41) is 5.54. The fraction of sp³-hybridized carbons (Fsp3) is 0.333. The van der Waals surface area contributed by atoms with E-state index in [1.807, 2.05) is 0 Å². The minimum absolute atomic E-state index is 0.0106. The molecule has 10 heteroatoms. The number of nitrogens with zero attached hydrogens (tertiary/aromatic N) is 2. The van der Waals surface area contributed by atoms with Crippen LogP contribution in [0.3, 0.4) is 0 Å². The zero-order valence-electron chi connectivity index (χ0n) is 12.9. The molecule has 1 saturated heterocycles. The number of nitrogens with one attached hydrogen (secondary N) is 2. The van der Waals surface area contributed by atoms with Gasteiger partial charge in [0.25, 0.3) is 0 Å². The first-order chi connectivity index (χ1) is 11.7. The van der Waals surface area contributed by atoms with E-state index in [-0.39, 0.29) is 29.2 Å². The second kappa shape index (κ2) is 6.51. The number of hydrogen-bond acceptors (Lipinski definition) is 6. The number of benzene rings is 1. The standard InChI is InChI=1S/C15H15F3N4O2S/c16-15(17,18)11-3-1-2-4-12(11)21-14-19-7-5-13(22-14)20-10-6-8-25(23,24)9-10/h1-5,7,10H,6,8-9H2,(H2,19,20,21,22). The van der Waals surface area contributed by atoms with Crippen molar-refractivity contribution in [2.75, 3.05) is 22.1 Å². The van der Waals surface area contributed by atoms with E-state index >= 15 is 0 Å². The second-order valence-corrected chi connectivity index (χ2v) is 7.91. The molecule has 3 rings (SSSR count). The van der Waals surface area contributed by atoms with Crippen LogP contribution >= 0.6 is 0 Å². The molecule has 1 unspecified atom stereocenters. The number of hydrogen-bond donors (Lipinski definition) is 2. The van der Waals surface area contributed by atoms with Crippen LogP contribution in [0.1, 0.15) is 12.0 Å². The number of para-hydroxylation sites is 1. The number of anilines is 3. The van der Waals surface area contributed by atoms with Crippen molar-refractivity contribution in [2.45, 2.75) is 18.6 Å². The van der Waals surface area contributed by atoms with E-state index in [9.17, 15) is 21.6 Å². The van der Waals surface area contributed by atoms with Crippen molar-refractivity contribution in [3.05, 3.63) is 42.1 Å². The molecule has 134 valence electrons. The third-order valence-corrected chi connectivity index (χ3v) is 5.49. The van der Waals surface area contributed by atoms with Crippen LogP contribution in [0.15, 0.2) is 36.5 Å². The summed E-state index contributed by atoms with van der Waals surface area (Å²) < 4.78 is 62.0. The lowest BCUT2D eigenvalue weighted by Crippen LogP contribution is -2.21. The Bertz CT molecular complexity index is 871. The van der Waals surface area contributed by atoms with Crippen molar-refractivity contribution in [3.63, 3.8) is 0 Å². The molecule has 2 aromatic rings. The van der Waals surface area contributed by atoms with Crippen LogP contribution in [-0.2, 0) is 16.0 Å². The van der Waals surface area contributed by atoms with Gasteiger partial charge in [0.2, 0.25) is 5.95 Å². The molecule has 2 N–H and O–H groups in total. The average Bonchev–Trinajstić information content (AvgIpc) is 2.86. The smallest absolute Gasteiger partial charge is 0.366 e. The van der Waals surface area contributed by atoms with Crippen molar-refractivity contribution >= 4 is 27.3 Å². The molecule has 2 heterocycles. The molecule has 6 nitrogen and oxygen atoms in total. The van der Waals surface area contributed by atoms with Gasteiger partial charge in [0.15, 0.2) is 9.84 Å². The lowest BCUT2D eigenvalue weighted by atomic mass is 10.1. The van der Waals surface area contributed by atoms with E-state index in [1.54, 1.807) is 0 Å². The minimum Gasteiger partial charge on any atom is -0.366 e. The second-order valence-electron chi connectivity index (χ2n) is 5.68. The van der Waals surface area contributed by atoms with Crippen LogP contribution in [0, 0.1) is 0 Å². The molecule has 0 aliphatic carbocycles. The molecule has 1 aliphatic rings. The molecule has 1 aromatic carbocycles. The van der Waals surface area contributed by atoms with E-state index in [0.29, 0.717) is 12.2 Å². The number of halogens is 3. The minimum atomic E-state index is -4.50. The van der Waals surface area contributed by atoms with Gasteiger partial charge in [0, 0.05) is 12.2 Å². The average molecular weight is 372 g/mol. The molecular formula is C15H15F3N4O2S. The lowest BCUT2D eigenvalue weighted by Gasteiger charge is -2.15. The fourth-order valence-corrected chi connectivity index (χ4v) is 4.25. The van der Waals surface area contributed by atoms with Crippen molar-refractivity contribution in [1.82, 2.24) is 9.97 Å². The molecule has 1 atom stereocenters. The van der Waals surface area contributed by atoms with Crippen molar-refractivity contribution in [3.8, 4) is 0 Å². The number of alkyl halides is 3.